The molecule has 0 aromatic carbocycles. The Balaban J connectivity index is -0.00000000167. The summed E-state index contributed by atoms with van der Waals surface area (Å²) in [5, 5.41) is 0. The quantitative estimate of drug-likeness (QED) is 0.384. The molecule has 0 heterocycles. The van der Waals surface area contributed by atoms with Gasteiger partial charge in [-0.3, -0.25) is 0 Å². The summed E-state index contributed by atoms with van der Waals surface area (Å²) in [6.45, 7) is 0. The molecule has 0 aromatic rings. The van der Waals surface area contributed by atoms with Gasteiger partial charge in [0.2, 0.25) is 0 Å². The third-order valence-electron chi connectivity index (χ3n) is 0. The molecule has 0 N–H and O–H groups in total. The van der Waals surface area contributed by atoms with Crippen LogP contribution in [0.5, 0.6) is 0 Å². The van der Waals surface area contributed by atoms with E-state index in [1.807, 2.05) is 0 Å². The topological polar surface area (TPSA) is 0 Å². The standard InChI is InChI=1S/Bi.Co.Fe.Mo.Na.4H. The summed E-state index contributed by atoms with van der Waals surface area (Å²) in [5.74, 6) is 0. The Kier molecular flexibility index (Phi) is 120. The van der Waals surface area contributed by atoms with Crippen LogP contribution in [0.4, 0.5) is 0 Å². The van der Waals surface area contributed by atoms with Crippen molar-refractivity contribution in [2.24, 2.45) is 0 Å². The van der Waals surface area contributed by atoms with Crippen molar-refractivity contribution in [3.05, 3.63) is 0 Å². The Morgan fingerprint density at radius 1 is 1.20 bits per heavy atom. The van der Waals surface area contributed by atoms with Crippen molar-refractivity contribution >= 4 is 55.8 Å². The predicted octanol–water partition coefficient (Wildman–Crippen LogP) is -1.84. The molecule has 0 atom stereocenters. The third-order valence-corrected chi connectivity index (χ3v) is 0. The molecule has 0 rings (SSSR count). The van der Waals surface area contributed by atoms with Crippen molar-refractivity contribution in [1.29, 1.82) is 0 Å². The van der Waals surface area contributed by atoms with Crippen LogP contribution in [0.3, 0.4) is 0 Å². The zero-order valence-electron chi connectivity index (χ0n) is 1.80. The Morgan fingerprint density at radius 3 is 1.20 bits per heavy atom. The summed E-state index contributed by atoms with van der Waals surface area (Å²) in [7, 11) is 0. The molecule has 33 valence electrons. The Hall–Kier alpha value is 3.60. The van der Waals surface area contributed by atoms with Gasteiger partial charge in [0.25, 0.3) is 0 Å². The van der Waals surface area contributed by atoms with Crippen LogP contribution in [-0.4, -0.2) is 55.8 Å². The molecule has 0 bridgehead atoms. The van der Waals surface area contributed by atoms with Crippen LogP contribution in [0.25, 0.3) is 0 Å². The molecule has 0 saturated heterocycles. The van der Waals surface area contributed by atoms with Crippen LogP contribution >= 0.6 is 0 Å². The normalized spacial score (nSPS) is 1.20. The SMILES string of the molecule is [BiH3].[Co][Mo].[Fe].[NaH]. The van der Waals surface area contributed by atoms with E-state index in [4.69, 9.17) is 0 Å². The molecule has 0 aromatic heterocycles. The first kappa shape index (κ1) is 23.5. The van der Waals surface area contributed by atoms with Gasteiger partial charge in [-0.25, -0.2) is 0 Å². The molecule has 0 amide bonds. The van der Waals surface area contributed by atoms with E-state index in [9.17, 15) is 0 Å². The van der Waals surface area contributed by atoms with Gasteiger partial charge >= 0.3 is 86.7 Å². The monoisotopic (exact) mass is 449 g/mol. The van der Waals surface area contributed by atoms with E-state index in [1.54, 1.807) is 17.8 Å². The Bertz CT molecular complexity index is 11.6. The van der Waals surface area contributed by atoms with Crippen molar-refractivity contribution in [1.82, 2.24) is 0 Å². The summed E-state index contributed by atoms with van der Waals surface area (Å²) in [6.07, 6.45) is 0. The summed E-state index contributed by atoms with van der Waals surface area (Å²) >= 11 is 5.21. The number of rotatable bonds is 0. The van der Waals surface area contributed by atoms with E-state index in [-0.39, 0.29) is 72.8 Å². The molecule has 0 nitrogen and oxygen atoms in total. The van der Waals surface area contributed by atoms with Gasteiger partial charge < -0.3 is 0 Å². The fourth-order valence-electron chi connectivity index (χ4n) is 0. The van der Waals surface area contributed by atoms with Gasteiger partial charge in [-0.05, 0) is 0 Å². The van der Waals surface area contributed by atoms with Gasteiger partial charge in [-0.1, -0.05) is 0 Å². The molecule has 5 heavy (non-hydrogen) atoms. The van der Waals surface area contributed by atoms with E-state index >= 15 is 0 Å². The molecular weight excluding hydrogens is 443 g/mol. The van der Waals surface area contributed by atoms with Crippen LogP contribution in [0, 0.1) is 0 Å². The summed E-state index contributed by atoms with van der Waals surface area (Å²) < 4.78 is 0. The first-order chi connectivity index (χ1) is 1.00. The molecule has 0 radical (unpaired) electrons. The van der Waals surface area contributed by atoms with Crippen LogP contribution in [0.1, 0.15) is 0 Å². The zero-order valence-corrected chi connectivity index (χ0v) is 11.5. The van der Waals surface area contributed by atoms with Crippen LogP contribution in [-0.2, 0) is 48.0 Å². The molecule has 0 unspecified atom stereocenters. The van der Waals surface area contributed by atoms with Crippen LogP contribution in [0.2, 0.25) is 0 Å². The van der Waals surface area contributed by atoms with Crippen molar-refractivity contribution < 1.29 is 48.0 Å². The van der Waals surface area contributed by atoms with Gasteiger partial charge in [0, 0.05) is 17.1 Å². The second-order valence-electron chi connectivity index (χ2n) is 0. The van der Waals surface area contributed by atoms with Gasteiger partial charge in [-0.2, -0.15) is 0 Å². The zero-order chi connectivity index (χ0) is 2.00. The summed E-state index contributed by atoms with van der Waals surface area (Å²) in [4.78, 5) is 0. The molecule has 0 saturated carbocycles. The fourth-order valence-corrected chi connectivity index (χ4v) is 0. The Morgan fingerprint density at radius 2 is 1.20 bits per heavy atom. The molecule has 5 heteroatoms. The van der Waals surface area contributed by atoms with Crippen molar-refractivity contribution in [2.75, 3.05) is 0 Å². The van der Waals surface area contributed by atoms with Crippen molar-refractivity contribution in [3.63, 3.8) is 0 Å². The van der Waals surface area contributed by atoms with Crippen molar-refractivity contribution in [3.8, 4) is 0 Å². The van der Waals surface area contributed by atoms with Gasteiger partial charge in [-0.15, -0.1) is 0 Å². The minimum absolute atomic E-state index is 0. The predicted molar refractivity (Wildman–Crippen MR) is 17.1 cm³/mol. The third kappa shape index (κ3) is 18.4. The molecule has 0 spiro atoms. The second kappa shape index (κ2) is 25.6. The second-order valence-corrected chi connectivity index (χ2v) is 0. The molecule has 0 fully saturated rings. The maximum absolute atomic E-state index is 3.57. The average Bonchev–Trinajstić information content (AvgIpc) is 1.00. The summed E-state index contributed by atoms with van der Waals surface area (Å²) in [6, 6.07) is 0. The van der Waals surface area contributed by atoms with Crippen LogP contribution < -0.4 is 0 Å². The summed E-state index contributed by atoms with van der Waals surface area (Å²) in [5.41, 5.74) is 0. The molecule has 0 aliphatic heterocycles. The first-order valence-electron chi connectivity index (χ1n) is 0.136. The van der Waals surface area contributed by atoms with Crippen LogP contribution in [0.15, 0.2) is 0 Å². The number of hydrogen-bond donors (Lipinski definition) is 0. The van der Waals surface area contributed by atoms with Gasteiger partial charge in [0.05, 0.1) is 0 Å². The Labute approximate surface area is 101 Å². The number of hydrogen-bond acceptors (Lipinski definition) is 0. The first-order valence-corrected chi connectivity index (χ1v) is 3.32. The van der Waals surface area contributed by atoms with Gasteiger partial charge in [0.1, 0.15) is 0 Å². The van der Waals surface area contributed by atoms with E-state index in [2.05, 4.69) is 13.1 Å². The van der Waals surface area contributed by atoms with E-state index in [0.717, 1.165) is 0 Å². The van der Waals surface area contributed by atoms with Crippen molar-refractivity contribution in [2.45, 2.75) is 0 Å². The van der Waals surface area contributed by atoms with E-state index in [0.29, 0.717) is 0 Å². The van der Waals surface area contributed by atoms with E-state index < -0.39 is 0 Å². The molecule has 0 aliphatic carbocycles. The molecule has 0 aliphatic rings. The van der Waals surface area contributed by atoms with Gasteiger partial charge in [0.15, 0.2) is 0 Å². The maximum atomic E-state index is 3.57. The average molecular weight is 447 g/mol. The van der Waals surface area contributed by atoms with E-state index in [1.165, 1.54) is 0 Å². The fraction of sp³-hybridized carbons (Fsp3) is 0. The molecular formula is H4BiCoFeMoNa. The minimum atomic E-state index is 0.